The Labute approximate surface area is 120 Å². The van der Waals surface area contributed by atoms with Crippen molar-refractivity contribution in [1.29, 1.82) is 0 Å². The van der Waals surface area contributed by atoms with E-state index in [1.54, 1.807) is 17.8 Å². The van der Waals surface area contributed by atoms with Crippen LogP contribution >= 0.6 is 23.4 Å². The molecule has 0 radical (unpaired) electrons. The molecule has 2 aromatic rings. The van der Waals surface area contributed by atoms with E-state index in [0.29, 0.717) is 11.5 Å². The Balaban J connectivity index is 2.18. The summed E-state index contributed by atoms with van der Waals surface area (Å²) in [6, 6.07) is 12.1. The molecule has 1 N–H and O–H groups in total. The van der Waals surface area contributed by atoms with Gasteiger partial charge in [-0.05, 0) is 42.7 Å². The fourth-order valence-corrected chi connectivity index (χ4v) is 2.17. The lowest BCUT2D eigenvalue weighted by Crippen LogP contribution is -1.97. The molecule has 0 unspecified atom stereocenters. The van der Waals surface area contributed by atoms with Crippen LogP contribution in [0, 0.1) is 0 Å². The molecular weight excluding hydrogens is 284 g/mol. The Morgan fingerprint density at radius 3 is 2.32 bits per heavy atom. The van der Waals surface area contributed by atoms with E-state index >= 15 is 0 Å². The molecule has 0 saturated heterocycles. The van der Waals surface area contributed by atoms with Crippen LogP contribution in [0.5, 0.6) is 11.5 Å². The molecule has 0 aliphatic heterocycles. The number of benzene rings is 2. The topological polar surface area (TPSA) is 46.5 Å². The first kappa shape index (κ1) is 13.8. The maximum atomic E-state index is 10.8. The Morgan fingerprint density at radius 1 is 1.16 bits per heavy atom. The highest BCUT2D eigenvalue weighted by Gasteiger charge is 2.09. The third kappa shape index (κ3) is 3.43. The monoisotopic (exact) mass is 294 g/mol. The standard InChI is InChI=1S/C14H11ClO3S/c1-19-11-5-2-9(3-6-11)18-10-4-7-12(14(16)17)13(15)8-10/h2-8H,1H3,(H,16,17). The van der Waals surface area contributed by atoms with Gasteiger partial charge in [-0.2, -0.15) is 0 Å². The summed E-state index contributed by atoms with van der Waals surface area (Å²) in [5.74, 6) is 0.129. The third-order valence-corrected chi connectivity index (χ3v) is 3.52. The Bertz CT molecular complexity index is 596. The van der Waals surface area contributed by atoms with E-state index in [-0.39, 0.29) is 10.6 Å². The molecule has 0 heterocycles. The van der Waals surface area contributed by atoms with Gasteiger partial charge in [-0.1, -0.05) is 11.6 Å². The Kier molecular flexibility index (Phi) is 4.35. The van der Waals surface area contributed by atoms with Crippen molar-refractivity contribution in [3.05, 3.63) is 53.1 Å². The van der Waals surface area contributed by atoms with Crippen LogP contribution in [0.4, 0.5) is 0 Å². The number of ether oxygens (including phenoxy) is 1. The molecule has 0 atom stereocenters. The summed E-state index contributed by atoms with van der Waals surface area (Å²) in [5, 5.41) is 9.03. The van der Waals surface area contributed by atoms with E-state index in [1.807, 2.05) is 30.5 Å². The van der Waals surface area contributed by atoms with Crippen molar-refractivity contribution in [3.8, 4) is 11.5 Å². The minimum atomic E-state index is -1.05. The van der Waals surface area contributed by atoms with Gasteiger partial charge in [0.25, 0.3) is 0 Å². The van der Waals surface area contributed by atoms with Crippen molar-refractivity contribution in [1.82, 2.24) is 0 Å². The number of carboxylic acid groups (broad SMARTS) is 1. The highest BCUT2D eigenvalue weighted by Crippen LogP contribution is 2.28. The number of thioether (sulfide) groups is 1. The number of aromatic carboxylic acids is 1. The van der Waals surface area contributed by atoms with Crippen LogP contribution in [0.15, 0.2) is 47.4 Å². The largest absolute Gasteiger partial charge is 0.478 e. The highest BCUT2D eigenvalue weighted by molar-refractivity contribution is 7.98. The summed E-state index contributed by atoms with van der Waals surface area (Å²) in [4.78, 5) is 12.0. The zero-order chi connectivity index (χ0) is 13.8. The maximum absolute atomic E-state index is 10.8. The van der Waals surface area contributed by atoms with E-state index in [0.717, 1.165) is 4.90 Å². The second-order valence-corrected chi connectivity index (χ2v) is 5.01. The fourth-order valence-electron chi connectivity index (χ4n) is 1.51. The third-order valence-electron chi connectivity index (χ3n) is 2.47. The van der Waals surface area contributed by atoms with Gasteiger partial charge in [0.2, 0.25) is 0 Å². The maximum Gasteiger partial charge on any atom is 0.337 e. The van der Waals surface area contributed by atoms with Gasteiger partial charge in [0.1, 0.15) is 11.5 Å². The van der Waals surface area contributed by atoms with Gasteiger partial charge in [-0.25, -0.2) is 4.79 Å². The fraction of sp³-hybridized carbons (Fsp3) is 0.0714. The van der Waals surface area contributed by atoms with Crippen molar-refractivity contribution < 1.29 is 14.6 Å². The molecule has 0 saturated carbocycles. The van der Waals surface area contributed by atoms with E-state index in [2.05, 4.69) is 0 Å². The molecule has 0 amide bonds. The molecular formula is C14H11ClO3S. The first-order valence-corrected chi connectivity index (χ1v) is 7.05. The van der Waals surface area contributed by atoms with Crippen LogP contribution in [0.2, 0.25) is 5.02 Å². The Morgan fingerprint density at radius 2 is 1.79 bits per heavy atom. The van der Waals surface area contributed by atoms with Crippen LogP contribution in [-0.2, 0) is 0 Å². The molecule has 19 heavy (non-hydrogen) atoms. The molecule has 2 aromatic carbocycles. The van der Waals surface area contributed by atoms with E-state index in [9.17, 15) is 4.79 Å². The number of halogens is 1. The molecule has 0 aliphatic carbocycles. The lowest BCUT2D eigenvalue weighted by molar-refractivity contribution is 0.0697. The smallest absolute Gasteiger partial charge is 0.337 e. The van der Waals surface area contributed by atoms with E-state index in [4.69, 9.17) is 21.4 Å². The lowest BCUT2D eigenvalue weighted by Gasteiger charge is -2.07. The first-order valence-electron chi connectivity index (χ1n) is 5.45. The van der Waals surface area contributed by atoms with E-state index < -0.39 is 5.97 Å². The normalized spacial score (nSPS) is 10.2. The summed E-state index contributed by atoms with van der Waals surface area (Å²) in [7, 11) is 0. The SMILES string of the molecule is CSc1ccc(Oc2ccc(C(=O)O)c(Cl)c2)cc1. The summed E-state index contributed by atoms with van der Waals surface area (Å²) >= 11 is 7.52. The minimum Gasteiger partial charge on any atom is -0.478 e. The molecule has 0 fully saturated rings. The zero-order valence-corrected chi connectivity index (χ0v) is 11.7. The van der Waals surface area contributed by atoms with Crippen molar-refractivity contribution in [2.75, 3.05) is 6.26 Å². The van der Waals surface area contributed by atoms with Crippen molar-refractivity contribution in [2.24, 2.45) is 0 Å². The average Bonchev–Trinajstić information content (AvgIpc) is 2.39. The Hall–Kier alpha value is -1.65. The van der Waals surface area contributed by atoms with Crippen LogP contribution in [-0.4, -0.2) is 17.3 Å². The van der Waals surface area contributed by atoms with Crippen LogP contribution < -0.4 is 4.74 Å². The van der Waals surface area contributed by atoms with Crippen molar-refractivity contribution in [3.63, 3.8) is 0 Å². The summed E-state index contributed by atoms with van der Waals surface area (Å²) in [6.07, 6.45) is 2.00. The number of carboxylic acids is 1. The van der Waals surface area contributed by atoms with Crippen LogP contribution in [0.25, 0.3) is 0 Å². The van der Waals surface area contributed by atoms with Gasteiger partial charge < -0.3 is 9.84 Å². The number of rotatable bonds is 4. The average molecular weight is 295 g/mol. The van der Waals surface area contributed by atoms with Crippen molar-refractivity contribution >= 4 is 29.3 Å². The molecule has 3 nitrogen and oxygen atoms in total. The predicted molar refractivity (Wildman–Crippen MR) is 76.7 cm³/mol. The minimum absolute atomic E-state index is 0.0618. The molecule has 0 spiro atoms. The first-order chi connectivity index (χ1) is 9.10. The lowest BCUT2D eigenvalue weighted by atomic mass is 10.2. The van der Waals surface area contributed by atoms with Crippen molar-refractivity contribution in [2.45, 2.75) is 4.90 Å². The van der Waals surface area contributed by atoms with Gasteiger partial charge in [0.05, 0.1) is 10.6 Å². The summed E-state index contributed by atoms with van der Waals surface area (Å²) < 4.78 is 5.61. The number of carbonyl (C=O) groups is 1. The molecule has 2 rings (SSSR count). The molecule has 5 heteroatoms. The number of hydrogen-bond donors (Lipinski definition) is 1. The number of hydrogen-bond acceptors (Lipinski definition) is 3. The summed E-state index contributed by atoms with van der Waals surface area (Å²) in [6.45, 7) is 0. The molecule has 0 bridgehead atoms. The predicted octanol–water partition coefficient (Wildman–Crippen LogP) is 4.55. The van der Waals surface area contributed by atoms with E-state index in [1.165, 1.54) is 12.1 Å². The highest BCUT2D eigenvalue weighted by atomic mass is 35.5. The van der Waals surface area contributed by atoms with Crippen LogP contribution in [0.1, 0.15) is 10.4 Å². The second-order valence-electron chi connectivity index (χ2n) is 3.72. The molecule has 0 aliphatic rings. The summed E-state index contributed by atoms with van der Waals surface area (Å²) in [5.41, 5.74) is 0.0618. The quantitative estimate of drug-likeness (QED) is 0.840. The van der Waals surface area contributed by atoms with Crippen LogP contribution in [0.3, 0.4) is 0 Å². The second kappa shape index (κ2) is 5.99. The van der Waals surface area contributed by atoms with Gasteiger partial charge in [0, 0.05) is 11.0 Å². The van der Waals surface area contributed by atoms with Gasteiger partial charge in [0.15, 0.2) is 0 Å². The molecule has 98 valence electrons. The zero-order valence-electron chi connectivity index (χ0n) is 10.1. The van der Waals surface area contributed by atoms with Gasteiger partial charge in [-0.3, -0.25) is 0 Å². The molecule has 0 aromatic heterocycles. The van der Waals surface area contributed by atoms with Gasteiger partial charge in [-0.15, -0.1) is 11.8 Å². The van der Waals surface area contributed by atoms with Gasteiger partial charge >= 0.3 is 5.97 Å².